The second-order valence-electron chi connectivity index (χ2n) is 9.12. The van der Waals surface area contributed by atoms with Crippen molar-refractivity contribution in [3.05, 3.63) is 29.2 Å². The average Bonchev–Trinajstić information content (AvgIpc) is 3.64. The number of hydrogen-bond donors (Lipinski definition) is 1. The lowest BCUT2D eigenvalue weighted by Gasteiger charge is -2.24. The smallest absolute Gasteiger partial charge is 0.302 e. The highest BCUT2D eigenvalue weighted by Crippen LogP contribution is 2.33. The number of methoxy groups -OCH3 is 1. The van der Waals surface area contributed by atoms with Gasteiger partial charge in [0.1, 0.15) is 0 Å². The number of anilines is 1. The van der Waals surface area contributed by atoms with Crippen molar-refractivity contribution in [2.24, 2.45) is 11.8 Å². The minimum Gasteiger partial charge on any atom is -0.494 e. The van der Waals surface area contributed by atoms with E-state index in [9.17, 15) is 14.4 Å². The highest BCUT2D eigenvalue weighted by Gasteiger charge is 2.32. The predicted octanol–water partition coefficient (Wildman–Crippen LogP) is 2.84. The Bertz CT molecular complexity index is 1240. The van der Waals surface area contributed by atoms with Crippen molar-refractivity contribution in [1.82, 2.24) is 29.7 Å². The third-order valence-electron chi connectivity index (χ3n) is 6.81. The summed E-state index contributed by atoms with van der Waals surface area (Å²) < 4.78 is 6.53. The summed E-state index contributed by atoms with van der Waals surface area (Å²) in [7, 11) is 1.45. The minimum absolute atomic E-state index is 0.0625. The van der Waals surface area contributed by atoms with E-state index in [0.717, 1.165) is 23.3 Å². The Morgan fingerprint density at radius 1 is 1.14 bits per heavy atom. The lowest BCUT2D eigenvalue weighted by molar-refractivity contribution is -0.112. The molecule has 1 aliphatic heterocycles. The Kier molecular flexibility index (Phi) is 6.71. The molecule has 1 atom stereocenters. The first-order valence-electron chi connectivity index (χ1n) is 11.9. The van der Waals surface area contributed by atoms with Gasteiger partial charge in [-0.1, -0.05) is 32.1 Å². The molecule has 1 saturated heterocycles. The number of aromatic nitrogens is 5. The molecule has 0 radical (unpaired) electrons. The van der Waals surface area contributed by atoms with E-state index in [-0.39, 0.29) is 28.8 Å². The van der Waals surface area contributed by atoms with E-state index in [1.165, 1.54) is 62.8 Å². The van der Waals surface area contributed by atoms with Crippen molar-refractivity contribution in [3.8, 4) is 5.75 Å². The van der Waals surface area contributed by atoms with Gasteiger partial charge in [0.05, 0.1) is 7.11 Å². The van der Waals surface area contributed by atoms with Crippen LogP contribution in [0.5, 0.6) is 5.75 Å². The molecule has 3 aromatic rings. The average molecular weight is 498 g/mol. The maximum absolute atomic E-state index is 13.4. The summed E-state index contributed by atoms with van der Waals surface area (Å²) in [5, 5.41) is 16.5. The lowest BCUT2D eigenvalue weighted by atomic mass is 9.82. The summed E-state index contributed by atoms with van der Waals surface area (Å²) in [6.45, 7) is 1.34. The van der Waals surface area contributed by atoms with Gasteiger partial charge in [-0.3, -0.25) is 19.7 Å². The Hall–Kier alpha value is -3.41. The van der Waals surface area contributed by atoms with Crippen LogP contribution >= 0.6 is 11.3 Å². The number of carbonyl (C=O) groups is 3. The van der Waals surface area contributed by atoms with Crippen molar-refractivity contribution >= 4 is 39.7 Å². The van der Waals surface area contributed by atoms with Crippen LogP contribution in [0.15, 0.2) is 17.6 Å². The number of nitrogens with one attached hydrogen (secondary N) is 1. The van der Waals surface area contributed by atoms with E-state index in [1.54, 1.807) is 10.3 Å². The van der Waals surface area contributed by atoms with Crippen molar-refractivity contribution in [3.63, 3.8) is 0 Å². The Morgan fingerprint density at radius 3 is 2.71 bits per heavy atom. The Balaban J connectivity index is 1.35. The molecule has 35 heavy (non-hydrogen) atoms. The third-order valence-corrected chi connectivity index (χ3v) is 7.50. The molecule has 2 aliphatic rings. The molecule has 2 fully saturated rings. The van der Waals surface area contributed by atoms with Crippen LogP contribution < -0.4 is 10.1 Å². The highest BCUT2D eigenvalue weighted by molar-refractivity contribution is 7.13. The molecule has 1 unspecified atom stereocenters. The van der Waals surface area contributed by atoms with Gasteiger partial charge in [0.15, 0.2) is 22.2 Å². The van der Waals surface area contributed by atoms with E-state index in [1.807, 2.05) is 0 Å². The number of rotatable bonds is 7. The first-order chi connectivity index (χ1) is 17.0. The van der Waals surface area contributed by atoms with Crippen LogP contribution in [0.25, 0.3) is 5.65 Å². The maximum Gasteiger partial charge on any atom is 0.302 e. The van der Waals surface area contributed by atoms with Gasteiger partial charge in [-0.05, 0) is 24.7 Å². The quantitative estimate of drug-likeness (QED) is 0.389. The van der Waals surface area contributed by atoms with Crippen molar-refractivity contribution in [2.45, 2.75) is 44.9 Å². The molecule has 1 N–H and O–H groups in total. The number of amides is 2. The molecular formula is C23H27N7O4S. The first kappa shape index (κ1) is 23.3. The van der Waals surface area contributed by atoms with Crippen LogP contribution in [0, 0.1) is 11.8 Å². The number of ether oxygens (including phenoxy) is 1. The minimum atomic E-state index is -0.933. The molecule has 12 heteroatoms. The molecule has 2 amide bonds. The zero-order valence-corrected chi connectivity index (χ0v) is 20.3. The van der Waals surface area contributed by atoms with E-state index >= 15 is 0 Å². The first-order valence-corrected chi connectivity index (χ1v) is 12.8. The number of ketones is 1. The molecule has 0 spiro atoms. The SMILES string of the molecule is COc1cc2nnc(C(=O)C(=O)Nc3nccs3)n2nc1C(=O)N1CCC(CC2CCCCC2)C1. The normalized spacial score (nSPS) is 18.7. The maximum atomic E-state index is 13.4. The largest absolute Gasteiger partial charge is 0.494 e. The summed E-state index contributed by atoms with van der Waals surface area (Å²) in [5.74, 6) is -0.914. The molecular weight excluding hydrogens is 470 g/mol. The zero-order chi connectivity index (χ0) is 24.4. The molecule has 3 aromatic heterocycles. The van der Waals surface area contributed by atoms with Crippen LogP contribution in [0.2, 0.25) is 0 Å². The summed E-state index contributed by atoms with van der Waals surface area (Å²) in [4.78, 5) is 44.3. The van der Waals surface area contributed by atoms with Gasteiger partial charge >= 0.3 is 5.91 Å². The number of carbonyl (C=O) groups excluding carboxylic acids is 3. The van der Waals surface area contributed by atoms with Gasteiger partial charge in [-0.15, -0.1) is 21.5 Å². The molecule has 4 heterocycles. The van der Waals surface area contributed by atoms with E-state index in [4.69, 9.17) is 4.74 Å². The fourth-order valence-electron chi connectivity index (χ4n) is 5.05. The van der Waals surface area contributed by atoms with Crippen molar-refractivity contribution in [2.75, 3.05) is 25.5 Å². The van der Waals surface area contributed by atoms with Crippen LogP contribution in [0.3, 0.4) is 0 Å². The Morgan fingerprint density at radius 2 is 1.97 bits per heavy atom. The van der Waals surface area contributed by atoms with Gasteiger partial charge in [-0.2, -0.15) is 9.61 Å². The second-order valence-corrected chi connectivity index (χ2v) is 10.0. The predicted molar refractivity (Wildman–Crippen MR) is 128 cm³/mol. The number of hydrogen-bond acceptors (Lipinski definition) is 9. The second kappa shape index (κ2) is 10.1. The van der Waals surface area contributed by atoms with Crippen LogP contribution in [0.1, 0.15) is 66.1 Å². The fraction of sp³-hybridized carbons (Fsp3) is 0.522. The zero-order valence-electron chi connectivity index (χ0n) is 19.5. The topological polar surface area (TPSA) is 132 Å². The van der Waals surface area contributed by atoms with Gasteiger partial charge in [0, 0.05) is 30.7 Å². The molecule has 0 bridgehead atoms. The summed E-state index contributed by atoms with van der Waals surface area (Å²) in [5.41, 5.74) is 0.257. The molecule has 11 nitrogen and oxygen atoms in total. The summed E-state index contributed by atoms with van der Waals surface area (Å²) in [6.07, 6.45) is 10.2. The fourth-order valence-corrected chi connectivity index (χ4v) is 5.58. The van der Waals surface area contributed by atoms with Gasteiger partial charge in [0.25, 0.3) is 11.7 Å². The van der Waals surface area contributed by atoms with Crippen LogP contribution in [-0.2, 0) is 4.79 Å². The Labute approximate surface area is 205 Å². The summed E-state index contributed by atoms with van der Waals surface area (Å²) in [6, 6.07) is 1.50. The van der Waals surface area contributed by atoms with Gasteiger partial charge in [-0.25, -0.2) is 4.98 Å². The van der Waals surface area contributed by atoms with Gasteiger partial charge in [0.2, 0.25) is 5.82 Å². The van der Waals surface area contributed by atoms with Crippen molar-refractivity contribution < 1.29 is 19.1 Å². The van der Waals surface area contributed by atoms with E-state index in [2.05, 4.69) is 25.6 Å². The van der Waals surface area contributed by atoms with Crippen LogP contribution in [0.4, 0.5) is 5.13 Å². The number of Topliss-reactive ketones (excluding diaryl/α,β-unsaturated/α-hetero) is 1. The third kappa shape index (κ3) is 4.88. The highest BCUT2D eigenvalue weighted by atomic mass is 32.1. The monoisotopic (exact) mass is 497 g/mol. The van der Waals surface area contributed by atoms with Crippen LogP contribution in [-0.4, -0.2) is 67.5 Å². The molecule has 5 rings (SSSR count). The molecule has 1 saturated carbocycles. The number of fused-ring (bicyclic) bond motifs is 1. The lowest BCUT2D eigenvalue weighted by Crippen LogP contribution is -2.31. The van der Waals surface area contributed by atoms with E-state index < -0.39 is 11.7 Å². The number of likely N-dealkylation sites (tertiary alicyclic amines) is 1. The molecule has 0 aromatic carbocycles. The molecule has 1 aliphatic carbocycles. The molecule has 184 valence electrons. The number of thiazole rings is 1. The van der Waals surface area contributed by atoms with Gasteiger partial charge < -0.3 is 9.64 Å². The van der Waals surface area contributed by atoms with Crippen molar-refractivity contribution in [1.29, 1.82) is 0 Å². The van der Waals surface area contributed by atoms with E-state index in [0.29, 0.717) is 24.1 Å². The summed E-state index contributed by atoms with van der Waals surface area (Å²) >= 11 is 1.19. The standard InChI is InChI=1S/C23H27N7O4S/c1-34-16-12-17-26-27-20(19(31)21(32)25-23-24-8-10-35-23)30(17)28-18(16)22(33)29-9-7-15(13-29)11-14-5-3-2-4-6-14/h8,10,12,14-15H,2-7,9,11,13H2,1H3,(H,24,25,32). The number of nitrogens with zero attached hydrogens (tertiary/aromatic N) is 6.